The number of rotatable bonds is 21. The molecule has 0 radical (unpaired) electrons. The lowest BCUT2D eigenvalue weighted by atomic mass is 10.0. The van der Waals surface area contributed by atoms with Gasteiger partial charge in [0.1, 0.15) is 6.58 Å². The van der Waals surface area contributed by atoms with Crippen LogP contribution in [0.4, 0.5) is 0 Å². The van der Waals surface area contributed by atoms with E-state index >= 15 is 0 Å². The van der Waals surface area contributed by atoms with Crippen LogP contribution in [0, 0.1) is 6.08 Å². The average Bonchev–Trinajstić information content (AvgIpc) is 3.32. The molecule has 236 valence electrons. The standard InChI is InChI=1S/C35H71O3Si2/c1-13-15-17-18-19-20-21-22-23-25-27-33(38-40(11,12)35(6,7)8)31-29-28-30(36-31)32(26-24-16-14-2)37-39(9,10)34(3,4)5/h30-33H,2,13,15-29H2,1,3-12H3/q+1/t30-,31-,32-,33-/m1/s1. The molecule has 0 aromatic heterocycles. The zero-order chi connectivity index (χ0) is 30.5. The molecule has 1 saturated heterocycles. The van der Waals surface area contributed by atoms with E-state index in [1.807, 2.05) is 0 Å². The van der Waals surface area contributed by atoms with Crippen LogP contribution < -0.4 is 0 Å². The summed E-state index contributed by atoms with van der Waals surface area (Å²) in [7, 11) is -3.79. The third-order valence-electron chi connectivity index (χ3n) is 10.1. The summed E-state index contributed by atoms with van der Waals surface area (Å²) in [5.41, 5.74) is 0. The second kappa shape index (κ2) is 17.9. The highest BCUT2D eigenvalue weighted by molar-refractivity contribution is 6.74. The van der Waals surface area contributed by atoms with Gasteiger partial charge in [-0.1, -0.05) is 113 Å². The van der Waals surface area contributed by atoms with E-state index in [1.165, 1.54) is 64.2 Å². The summed E-state index contributed by atoms with van der Waals surface area (Å²) in [6.07, 6.45) is 23.8. The van der Waals surface area contributed by atoms with Crippen LogP contribution >= 0.6 is 0 Å². The minimum Gasteiger partial charge on any atom is -0.411 e. The van der Waals surface area contributed by atoms with Crippen LogP contribution in [-0.4, -0.2) is 41.1 Å². The van der Waals surface area contributed by atoms with Crippen LogP contribution in [0.2, 0.25) is 36.3 Å². The summed E-state index contributed by atoms with van der Waals surface area (Å²) in [4.78, 5) is 0. The van der Waals surface area contributed by atoms with Gasteiger partial charge in [0, 0.05) is 6.42 Å². The molecule has 0 aliphatic carbocycles. The van der Waals surface area contributed by atoms with Crippen molar-refractivity contribution >= 4 is 16.6 Å². The molecule has 0 aromatic carbocycles. The van der Waals surface area contributed by atoms with Crippen molar-refractivity contribution in [1.29, 1.82) is 0 Å². The van der Waals surface area contributed by atoms with E-state index in [1.54, 1.807) is 0 Å². The van der Waals surface area contributed by atoms with Gasteiger partial charge in [-0.2, -0.15) is 0 Å². The molecule has 40 heavy (non-hydrogen) atoms. The number of ether oxygens (including phenoxy) is 1. The lowest BCUT2D eigenvalue weighted by Gasteiger charge is -2.42. The van der Waals surface area contributed by atoms with E-state index < -0.39 is 16.6 Å². The van der Waals surface area contributed by atoms with Gasteiger partial charge in [0.05, 0.1) is 24.4 Å². The molecule has 5 heteroatoms. The van der Waals surface area contributed by atoms with Gasteiger partial charge in [0.2, 0.25) is 6.08 Å². The van der Waals surface area contributed by atoms with Crippen molar-refractivity contribution in [3.8, 4) is 0 Å². The molecule has 1 aliphatic heterocycles. The van der Waals surface area contributed by atoms with Gasteiger partial charge in [0.25, 0.3) is 0 Å². The minimum absolute atomic E-state index is 0.157. The molecule has 1 heterocycles. The molecule has 0 N–H and O–H groups in total. The van der Waals surface area contributed by atoms with Crippen LogP contribution in [-0.2, 0) is 13.6 Å². The van der Waals surface area contributed by atoms with Crippen molar-refractivity contribution in [2.75, 3.05) is 0 Å². The summed E-state index contributed by atoms with van der Waals surface area (Å²) in [6, 6.07) is 0. The Morgan fingerprint density at radius 1 is 0.675 bits per heavy atom. The fourth-order valence-corrected chi connectivity index (χ4v) is 8.01. The van der Waals surface area contributed by atoms with Crippen LogP contribution in [0.25, 0.3) is 0 Å². The van der Waals surface area contributed by atoms with E-state index in [2.05, 4.69) is 87.3 Å². The van der Waals surface area contributed by atoms with Crippen molar-refractivity contribution in [2.45, 2.75) is 212 Å². The molecule has 0 amide bonds. The Balaban J connectivity index is 2.82. The summed E-state index contributed by atoms with van der Waals surface area (Å²) >= 11 is 0. The molecular formula is C35H71O3Si2+. The molecule has 0 bridgehead atoms. The number of unbranched alkanes of at least 4 members (excludes halogenated alkanes) is 10. The Morgan fingerprint density at radius 3 is 1.43 bits per heavy atom. The SMILES string of the molecule is C=[C+]CCC[C@@H](O[Si](C)(C)C(C)(C)C)[C@H]1CC[C@H]([C@@H](CCCCCCCCCCCC)O[Si](C)(C)C(C)(C)C)O1. The van der Waals surface area contributed by atoms with Crippen LogP contribution in [0.5, 0.6) is 0 Å². The van der Waals surface area contributed by atoms with Crippen LogP contribution in [0.1, 0.15) is 151 Å². The van der Waals surface area contributed by atoms with Crippen molar-refractivity contribution in [3.63, 3.8) is 0 Å². The number of allylic oxidation sites excluding steroid dienone is 1. The first kappa shape index (κ1) is 38.0. The van der Waals surface area contributed by atoms with Gasteiger partial charge >= 0.3 is 0 Å². The molecular weight excluding hydrogens is 525 g/mol. The molecule has 0 spiro atoms. The molecule has 4 atom stereocenters. The fraction of sp³-hybridized carbons (Fsp3) is 0.943. The quantitative estimate of drug-likeness (QED) is 0.0750. The summed E-state index contributed by atoms with van der Waals surface area (Å²) in [5.74, 6) is 0. The number of hydrogen-bond donors (Lipinski definition) is 0. The monoisotopic (exact) mass is 595 g/mol. The molecule has 1 aliphatic rings. The lowest BCUT2D eigenvalue weighted by molar-refractivity contribution is -0.0714. The second-order valence-corrected chi connectivity index (χ2v) is 25.2. The van der Waals surface area contributed by atoms with Gasteiger partial charge in [-0.25, -0.2) is 0 Å². The molecule has 3 nitrogen and oxygen atoms in total. The highest BCUT2D eigenvalue weighted by Crippen LogP contribution is 2.42. The minimum atomic E-state index is -1.90. The number of hydrogen-bond acceptors (Lipinski definition) is 3. The normalized spacial score (nSPS) is 20.5. The van der Waals surface area contributed by atoms with E-state index in [-0.39, 0.29) is 34.5 Å². The predicted molar refractivity (Wildman–Crippen MR) is 181 cm³/mol. The summed E-state index contributed by atoms with van der Waals surface area (Å²) in [6.45, 7) is 29.7. The third kappa shape index (κ3) is 13.5. The first-order valence-electron chi connectivity index (χ1n) is 17.1. The van der Waals surface area contributed by atoms with Crippen LogP contribution in [0.3, 0.4) is 0 Å². The maximum absolute atomic E-state index is 7.11. The Labute approximate surface area is 254 Å². The van der Waals surface area contributed by atoms with E-state index in [0.29, 0.717) is 0 Å². The van der Waals surface area contributed by atoms with Crippen LogP contribution in [0.15, 0.2) is 6.58 Å². The average molecular weight is 596 g/mol. The second-order valence-electron chi connectivity index (χ2n) is 15.7. The third-order valence-corrected chi connectivity index (χ3v) is 19.1. The van der Waals surface area contributed by atoms with E-state index in [9.17, 15) is 0 Å². The zero-order valence-electron chi connectivity index (χ0n) is 29.1. The van der Waals surface area contributed by atoms with Gasteiger partial charge in [0.15, 0.2) is 23.1 Å². The van der Waals surface area contributed by atoms with Crippen molar-refractivity contribution in [2.24, 2.45) is 0 Å². The van der Waals surface area contributed by atoms with Crippen molar-refractivity contribution in [1.82, 2.24) is 0 Å². The maximum atomic E-state index is 7.11. The summed E-state index contributed by atoms with van der Waals surface area (Å²) in [5, 5.41) is 0.396. The Morgan fingerprint density at radius 2 is 1.05 bits per heavy atom. The Kier molecular flexibility index (Phi) is 17.0. The zero-order valence-corrected chi connectivity index (χ0v) is 31.1. The van der Waals surface area contributed by atoms with E-state index in [0.717, 1.165) is 38.5 Å². The smallest absolute Gasteiger partial charge is 0.214 e. The Hall–Kier alpha value is -0.0362. The fourth-order valence-electron chi connectivity index (χ4n) is 5.25. The maximum Gasteiger partial charge on any atom is 0.214 e. The van der Waals surface area contributed by atoms with Gasteiger partial charge in [-0.05, 0) is 61.9 Å². The van der Waals surface area contributed by atoms with Gasteiger partial charge in [-0.3, -0.25) is 0 Å². The predicted octanol–water partition coefficient (Wildman–Crippen LogP) is 11.8. The largest absolute Gasteiger partial charge is 0.411 e. The van der Waals surface area contributed by atoms with E-state index in [4.69, 9.17) is 13.6 Å². The molecule has 0 unspecified atom stereocenters. The topological polar surface area (TPSA) is 27.7 Å². The highest BCUT2D eigenvalue weighted by atomic mass is 28.4. The van der Waals surface area contributed by atoms with Gasteiger partial charge < -0.3 is 13.6 Å². The molecule has 1 fully saturated rings. The Bertz CT molecular complexity index is 677. The lowest BCUT2D eigenvalue weighted by Crippen LogP contribution is -2.48. The van der Waals surface area contributed by atoms with Crippen molar-refractivity contribution < 1.29 is 13.6 Å². The molecule has 1 rings (SSSR count). The highest BCUT2D eigenvalue weighted by Gasteiger charge is 2.45. The molecule has 0 aromatic rings. The first-order valence-corrected chi connectivity index (χ1v) is 22.9. The molecule has 0 saturated carbocycles. The van der Waals surface area contributed by atoms with Gasteiger partial charge in [-0.15, -0.1) is 0 Å². The first-order chi connectivity index (χ1) is 18.6. The summed E-state index contributed by atoms with van der Waals surface area (Å²) < 4.78 is 21.1. The van der Waals surface area contributed by atoms with Crippen molar-refractivity contribution in [3.05, 3.63) is 12.7 Å².